The highest BCUT2D eigenvalue weighted by molar-refractivity contribution is 6.45. The number of nitrogens with two attached hydrogens (primary N) is 1. The van der Waals surface area contributed by atoms with E-state index in [9.17, 15) is 4.79 Å². The van der Waals surface area contributed by atoms with Crippen molar-refractivity contribution < 1.29 is 18.8 Å². The lowest BCUT2D eigenvalue weighted by molar-refractivity contribution is -0.152. The van der Waals surface area contributed by atoms with Crippen LogP contribution in [0.4, 0.5) is 0 Å². The van der Waals surface area contributed by atoms with Gasteiger partial charge < -0.3 is 25.1 Å². The van der Waals surface area contributed by atoms with Crippen molar-refractivity contribution in [1.29, 1.82) is 0 Å². The van der Waals surface area contributed by atoms with Crippen LogP contribution in [0.15, 0.2) is 30.3 Å². The molecule has 0 amide bonds. The summed E-state index contributed by atoms with van der Waals surface area (Å²) in [6.07, 6.45) is 4.43. The summed E-state index contributed by atoms with van der Waals surface area (Å²) in [6.45, 7) is 9.87. The van der Waals surface area contributed by atoms with Crippen LogP contribution in [0.3, 0.4) is 0 Å². The molecule has 0 spiro atoms. The van der Waals surface area contributed by atoms with E-state index in [4.69, 9.17) is 19.8 Å². The summed E-state index contributed by atoms with van der Waals surface area (Å²) in [5.41, 5.74) is 5.89. The van der Waals surface area contributed by atoms with Crippen molar-refractivity contribution in [3.8, 4) is 0 Å². The van der Waals surface area contributed by atoms with Crippen molar-refractivity contribution >= 4 is 13.1 Å². The topological polar surface area (TPSA) is 82.8 Å². The number of nitrogens with one attached hydrogen (secondary N) is 1. The molecule has 2 aliphatic rings. The molecule has 1 aromatic rings. The molecular weight excluding hydrogens is 379 g/mol. The minimum atomic E-state index is -0.988. The summed E-state index contributed by atoms with van der Waals surface area (Å²) >= 11 is 0. The van der Waals surface area contributed by atoms with Crippen molar-refractivity contribution in [1.82, 2.24) is 5.32 Å². The van der Waals surface area contributed by atoms with Crippen molar-refractivity contribution in [2.24, 2.45) is 11.7 Å². The third-order valence-electron chi connectivity index (χ3n) is 6.90. The van der Waals surface area contributed by atoms with Gasteiger partial charge in [-0.3, -0.25) is 0 Å². The van der Waals surface area contributed by atoms with Crippen LogP contribution < -0.4 is 11.1 Å². The number of benzene rings is 1. The number of carbonyl (C=O) groups is 1. The maximum absolute atomic E-state index is 12.7. The Morgan fingerprint density at radius 1 is 1.17 bits per heavy atom. The highest BCUT2D eigenvalue weighted by Crippen LogP contribution is 2.38. The second kappa shape index (κ2) is 9.39. The molecule has 166 valence electrons. The molecule has 3 rings (SSSR count). The largest absolute Gasteiger partial charge is 0.459 e. The van der Waals surface area contributed by atoms with E-state index in [0.29, 0.717) is 18.9 Å². The molecule has 7 heteroatoms. The van der Waals surface area contributed by atoms with Gasteiger partial charge in [-0.25, -0.2) is 4.79 Å². The molecule has 2 heterocycles. The molecule has 0 aromatic heterocycles. The average Bonchev–Trinajstić information content (AvgIpc) is 2.90. The molecule has 6 nitrogen and oxygen atoms in total. The second-order valence-electron chi connectivity index (χ2n) is 9.85. The van der Waals surface area contributed by atoms with Gasteiger partial charge >= 0.3 is 13.1 Å². The Labute approximate surface area is 181 Å². The van der Waals surface area contributed by atoms with E-state index in [1.807, 2.05) is 30.3 Å². The first-order valence-electron chi connectivity index (χ1n) is 11.2. The lowest BCUT2D eigenvalue weighted by Crippen LogP contribution is -2.57. The number of carbonyl (C=O) groups excluding carboxylic acids is 1. The van der Waals surface area contributed by atoms with Crippen molar-refractivity contribution in [3.63, 3.8) is 0 Å². The van der Waals surface area contributed by atoms with Gasteiger partial charge in [-0.2, -0.15) is 0 Å². The highest BCUT2D eigenvalue weighted by Gasteiger charge is 2.50. The van der Waals surface area contributed by atoms with Gasteiger partial charge in [-0.15, -0.1) is 0 Å². The zero-order valence-electron chi connectivity index (χ0n) is 18.9. The first kappa shape index (κ1) is 23.3. The van der Waals surface area contributed by atoms with Crippen LogP contribution in [-0.4, -0.2) is 42.9 Å². The summed E-state index contributed by atoms with van der Waals surface area (Å²) in [5.74, 6) is 0.145. The molecular formula is C23H37BN2O4. The molecule has 3 N–H and O–H groups in total. The number of rotatable bonds is 6. The molecule has 0 radical (unpaired) electrons. The quantitative estimate of drug-likeness (QED) is 0.547. The molecule has 2 saturated heterocycles. The van der Waals surface area contributed by atoms with Crippen molar-refractivity contribution in [2.45, 2.75) is 83.0 Å². The number of ether oxygens (including phenoxy) is 1. The fourth-order valence-electron chi connectivity index (χ4n) is 4.10. The standard InChI is InChI=1S/C23H37BN2O4/c1-21(2)22(3,4)30-24(29-21)14-11-18-10-13-23(25,17-26-15-12-18)20(27)28-16-19-8-6-5-7-9-19/h5-9,18,26H,10-17,25H2,1-4H3/t18-,23+/m0/s1. The van der Waals surface area contributed by atoms with Crippen LogP contribution in [0, 0.1) is 5.92 Å². The maximum Gasteiger partial charge on any atom is 0.457 e. The van der Waals surface area contributed by atoms with E-state index in [0.717, 1.165) is 37.7 Å². The SMILES string of the molecule is CC1(C)OB(CC[C@H]2CCNC[C@@](N)(C(=O)OCc3ccccc3)CC2)OC1(C)C. The third kappa shape index (κ3) is 5.64. The number of hydrogen-bond donors (Lipinski definition) is 2. The predicted molar refractivity (Wildman–Crippen MR) is 119 cm³/mol. The maximum atomic E-state index is 12.7. The Bertz CT molecular complexity index is 696. The van der Waals surface area contributed by atoms with Crippen LogP contribution in [0.25, 0.3) is 0 Å². The van der Waals surface area contributed by atoms with E-state index in [1.54, 1.807) is 0 Å². The Morgan fingerprint density at radius 3 is 2.50 bits per heavy atom. The molecule has 0 saturated carbocycles. The minimum Gasteiger partial charge on any atom is -0.459 e. The van der Waals surface area contributed by atoms with Gasteiger partial charge in [-0.1, -0.05) is 36.8 Å². The average molecular weight is 416 g/mol. The van der Waals surface area contributed by atoms with Gasteiger partial charge in [0, 0.05) is 6.54 Å². The molecule has 2 fully saturated rings. The summed E-state index contributed by atoms with van der Waals surface area (Å²) in [6, 6.07) is 9.70. The van der Waals surface area contributed by atoms with E-state index in [-0.39, 0.29) is 30.9 Å². The molecule has 1 aromatic carbocycles. The molecule has 2 atom stereocenters. The van der Waals surface area contributed by atoms with Gasteiger partial charge in [-0.05, 0) is 71.3 Å². The molecule has 2 aliphatic heterocycles. The summed E-state index contributed by atoms with van der Waals surface area (Å²) < 4.78 is 17.8. The number of esters is 1. The fraction of sp³-hybridized carbons (Fsp3) is 0.696. The first-order chi connectivity index (χ1) is 14.1. The van der Waals surface area contributed by atoms with E-state index >= 15 is 0 Å². The molecule has 0 aliphatic carbocycles. The van der Waals surface area contributed by atoms with E-state index in [2.05, 4.69) is 33.0 Å². The molecule has 0 unspecified atom stereocenters. The normalized spacial score (nSPS) is 28.6. The Kier molecular flexibility index (Phi) is 7.28. The monoisotopic (exact) mass is 416 g/mol. The van der Waals surface area contributed by atoms with Crippen LogP contribution in [0.2, 0.25) is 6.32 Å². The van der Waals surface area contributed by atoms with Crippen molar-refractivity contribution in [3.05, 3.63) is 35.9 Å². The van der Waals surface area contributed by atoms with Crippen LogP contribution in [-0.2, 0) is 25.4 Å². The predicted octanol–water partition coefficient (Wildman–Crippen LogP) is 3.30. The Morgan fingerprint density at radius 2 is 1.83 bits per heavy atom. The minimum absolute atomic E-state index is 0.174. The zero-order chi connectivity index (χ0) is 21.8. The molecule has 30 heavy (non-hydrogen) atoms. The lowest BCUT2D eigenvalue weighted by Gasteiger charge is -2.32. The fourth-order valence-corrected chi connectivity index (χ4v) is 4.10. The Hall–Kier alpha value is -1.41. The summed E-state index contributed by atoms with van der Waals surface area (Å²) in [4.78, 5) is 12.7. The van der Waals surface area contributed by atoms with E-state index < -0.39 is 5.54 Å². The summed E-state index contributed by atoms with van der Waals surface area (Å²) in [7, 11) is -0.174. The van der Waals surface area contributed by atoms with Crippen LogP contribution in [0.5, 0.6) is 0 Å². The van der Waals surface area contributed by atoms with Gasteiger partial charge in [0.05, 0.1) is 11.2 Å². The first-order valence-corrected chi connectivity index (χ1v) is 11.2. The lowest BCUT2D eigenvalue weighted by atomic mass is 9.76. The Balaban J connectivity index is 1.49. The van der Waals surface area contributed by atoms with Gasteiger partial charge in [0.15, 0.2) is 0 Å². The van der Waals surface area contributed by atoms with Gasteiger partial charge in [0.2, 0.25) is 0 Å². The van der Waals surface area contributed by atoms with Crippen LogP contribution in [0.1, 0.15) is 58.9 Å². The van der Waals surface area contributed by atoms with E-state index in [1.165, 1.54) is 0 Å². The van der Waals surface area contributed by atoms with Crippen LogP contribution >= 0.6 is 0 Å². The third-order valence-corrected chi connectivity index (χ3v) is 6.90. The number of hydrogen-bond acceptors (Lipinski definition) is 6. The molecule has 0 bridgehead atoms. The zero-order valence-corrected chi connectivity index (χ0v) is 18.9. The second-order valence-corrected chi connectivity index (χ2v) is 9.85. The summed E-state index contributed by atoms with van der Waals surface area (Å²) in [5, 5.41) is 3.35. The highest BCUT2D eigenvalue weighted by atomic mass is 16.7. The van der Waals surface area contributed by atoms with Gasteiger partial charge in [0.25, 0.3) is 0 Å². The van der Waals surface area contributed by atoms with Gasteiger partial charge in [0.1, 0.15) is 12.1 Å². The van der Waals surface area contributed by atoms with Crippen molar-refractivity contribution in [2.75, 3.05) is 13.1 Å². The smallest absolute Gasteiger partial charge is 0.457 e.